The molecule has 1 aliphatic rings. The SMILES string of the molecule is CC(C)C[C@H]1CN1C(=O)OC(C)(C)C. The largest absolute Gasteiger partial charge is 0.444 e. The number of nitrogens with zero attached hydrogens (tertiary/aromatic N) is 1. The zero-order valence-electron chi connectivity index (χ0n) is 9.83. The average Bonchev–Trinajstić information content (AvgIpc) is 2.61. The van der Waals surface area contributed by atoms with Crippen molar-refractivity contribution in [2.24, 2.45) is 5.92 Å². The molecule has 0 spiro atoms. The molecule has 0 radical (unpaired) electrons. The third-order valence-corrected chi connectivity index (χ3v) is 2.09. The van der Waals surface area contributed by atoms with Crippen LogP contribution in [-0.4, -0.2) is 29.2 Å². The topological polar surface area (TPSA) is 29.3 Å². The normalized spacial score (nSPS) is 21.3. The highest BCUT2D eigenvalue weighted by Crippen LogP contribution is 2.26. The van der Waals surface area contributed by atoms with Crippen molar-refractivity contribution in [1.82, 2.24) is 4.90 Å². The Morgan fingerprint density at radius 2 is 2.07 bits per heavy atom. The molecule has 3 heteroatoms. The molecule has 0 aromatic heterocycles. The highest BCUT2D eigenvalue weighted by atomic mass is 16.6. The first-order chi connectivity index (χ1) is 6.29. The van der Waals surface area contributed by atoms with E-state index in [1.54, 1.807) is 4.90 Å². The number of carbonyl (C=O) groups is 1. The zero-order valence-corrected chi connectivity index (χ0v) is 9.83. The van der Waals surface area contributed by atoms with E-state index < -0.39 is 0 Å². The molecule has 1 heterocycles. The van der Waals surface area contributed by atoms with Crippen LogP contribution in [0.4, 0.5) is 4.79 Å². The van der Waals surface area contributed by atoms with E-state index in [9.17, 15) is 4.79 Å². The van der Waals surface area contributed by atoms with E-state index in [-0.39, 0.29) is 11.7 Å². The van der Waals surface area contributed by atoms with E-state index in [0.29, 0.717) is 12.0 Å². The maximum absolute atomic E-state index is 11.5. The van der Waals surface area contributed by atoms with Crippen LogP contribution in [0.2, 0.25) is 0 Å². The van der Waals surface area contributed by atoms with Gasteiger partial charge in [0, 0.05) is 6.54 Å². The molecule has 82 valence electrons. The minimum Gasteiger partial charge on any atom is -0.444 e. The number of hydrogen-bond donors (Lipinski definition) is 0. The monoisotopic (exact) mass is 199 g/mol. The molecule has 0 unspecified atom stereocenters. The van der Waals surface area contributed by atoms with Gasteiger partial charge in [0.1, 0.15) is 5.60 Å². The summed E-state index contributed by atoms with van der Waals surface area (Å²) >= 11 is 0. The molecule has 1 saturated heterocycles. The molecule has 0 aromatic rings. The number of hydrogen-bond acceptors (Lipinski definition) is 2. The maximum atomic E-state index is 11.5. The Bertz CT molecular complexity index is 218. The van der Waals surface area contributed by atoms with Gasteiger partial charge in [0.2, 0.25) is 0 Å². The summed E-state index contributed by atoms with van der Waals surface area (Å²) in [5.74, 6) is 0.646. The van der Waals surface area contributed by atoms with Gasteiger partial charge in [-0.15, -0.1) is 0 Å². The van der Waals surface area contributed by atoms with Gasteiger partial charge < -0.3 is 9.64 Å². The molecular weight excluding hydrogens is 178 g/mol. The molecule has 0 bridgehead atoms. The summed E-state index contributed by atoms with van der Waals surface area (Å²) in [6.07, 6.45) is 0.919. The lowest BCUT2D eigenvalue weighted by molar-refractivity contribution is 0.0404. The first kappa shape index (κ1) is 11.3. The van der Waals surface area contributed by atoms with Crippen LogP contribution in [0.1, 0.15) is 41.0 Å². The summed E-state index contributed by atoms with van der Waals surface area (Å²) in [5, 5.41) is 0. The zero-order chi connectivity index (χ0) is 10.9. The van der Waals surface area contributed by atoms with Crippen molar-refractivity contribution >= 4 is 6.09 Å². The van der Waals surface area contributed by atoms with Crippen molar-refractivity contribution in [1.29, 1.82) is 0 Å². The van der Waals surface area contributed by atoms with Crippen LogP contribution in [-0.2, 0) is 4.74 Å². The Hall–Kier alpha value is -0.730. The third kappa shape index (κ3) is 3.56. The summed E-state index contributed by atoms with van der Waals surface area (Å²) in [6, 6.07) is 0.421. The van der Waals surface area contributed by atoms with E-state index in [0.717, 1.165) is 13.0 Å². The van der Waals surface area contributed by atoms with Crippen LogP contribution in [0.25, 0.3) is 0 Å². The molecular formula is C11H21NO2. The van der Waals surface area contributed by atoms with E-state index in [2.05, 4.69) is 13.8 Å². The molecule has 0 N–H and O–H groups in total. The van der Waals surface area contributed by atoms with Crippen LogP contribution in [0.3, 0.4) is 0 Å². The molecule has 14 heavy (non-hydrogen) atoms. The summed E-state index contributed by atoms with van der Waals surface area (Å²) in [6.45, 7) is 10.9. The Balaban J connectivity index is 2.29. The summed E-state index contributed by atoms with van der Waals surface area (Å²) < 4.78 is 5.26. The highest BCUT2D eigenvalue weighted by Gasteiger charge is 2.40. The van der Waals surface area contributed by atoms with E-state index in [1.807, 2.05) is 20.8 Å². The second-order valence-corrected chi connectivity index (χ2v) is 5.42. The second-order valence-electron chi connectivity index (χ2n) is 5.42. The summed E-state index contributed by atoms with van der Waals surface area (Å²) in [7, 11) is 0. The quantitative estimate of drug-likeness (QED) is 0.640. The molecule has 1 rings (SSSR count). The van der Waals surface area contributed by atoms with Gasteiger partial charge >= 0.3 is 6.09 Å². The fraction of sp³-hybridized carbons (Fsp3) is 0.909. The standard InChI is InChI=1S/C11H21NO2/c1-8(2)6-9-7-12(9)10(13)14-11(3,4)5/h8-9H,6-7H2,1-5H3/t9-,12?/m0/s1. The first-order valence-electron chi connectivity index (χ1n) is 5.29. The van der Waals surface area contributed by atoms with Crippen molar-refractivity contribution < 1.29 is 9.53 Å². The van der Waals surface area contributed by atoms with Gasteiger partial charge in [-0.05, 0) is 33.1 Å². The number of rotatable bonds is 2. The van der Waals surface area contributed by atoms with Crippen molar-refractivity contribution in [3.8, 4) is 0 Å². The molecule has 0 saturated carbocycles. The Kier molecular flexibility index (Phi) is 3.07. The van der Waals surface area contributed by atoms with Gasteiger partial charge in [-0.3, -0.25) is 0 Å². The minimum absolute atomic E-state index is 0.164. The fourth-order valence-electron chi connectivity index (χ4n) is 1.47. The van der Waals surface area contributed by atoms with Crippen molar-refractivity contribution in [3.05, 3.63) is 0 Å². The van der Waals surface area contributed by atoms with Gasteiger partial charge in [0.15, 0.2) is 0 Å². The predicted molar refractivity (Wildman–Crippen MR) is 56.2 cm³/mol. The highest BCUT2D eigenvalue weighted by molar-refractivity contribution is 5.71. The predicted octanol–water partition coefficient (Wildman–Crippen LogP) is 2.65. The van der Waals surface area contributed by atoms with E-state index in [1.165, 1.54) is 0 Å². The Labute approximate surface area is 86.4 Å². The lowest BCUT2D eigenvalue weighted by Crippen LogP contribution is -2.28. The van der Waals surface area contributed by atoms with Crippen LogP contribution in [0, 0.1) is 5.92 Å². The minimum atomic E-state index is -0.373. The molecule has 1 atom stereocenters. The van der Waals surface area contributed by atoms with Crippen LogP contribution >= 0.6 is 0 Å². The van der Waals surface area contributed by atoms with Crippen molar-refractivity contribution in [2.75, 3.05) is 6.54 Å². The van der Waals surface area contributed by atoms with Crippen molar-refractivity contribution in [2.45, 2.75) is 52.7 Å². The fourth-order valence-corrected chi connectivity index (χ4v) is 1.47. The maximum Gasteiger partial charge on any atom is 0.410 e. The lowest BCUT2D eigenvalue weighted by atomic mass is 10.1. The van der Waals surface area contributed by atoms with E-state index in [4.69, 9.17) is 4.74 Å². The van der Waals surface area contributed by atoms with Gasteiger partial charge in [-0.1, -0.05) is 13.8 Å². The van der Waals surface area contributed by atoms with Gasteiger partial charge in [0.05, 0.1) is 6.04 Å². The number of carbonyl (C=O) groups excluding carboxylic acids is 1. The van der Waals surface area contributed by atoms with Crippen LogP contribution < -0.4 is 0 Å². The smallest absolute Gasteiger partial charge is 0.410 e. The number of amides is 1. The number of ether oxygens (including phenoxy) is 1. The van der Waals surface area contributed by atoms with Gasteiger partial charge in [0.25, 0.3) is 0 Å². The lowest BCUT2D eigenvalue weighted by Gasteiger charge is -2.20. The average molecular weight is 199 g/mol. The molecule has 0 aromatic carbocycles. The Morgan fingerprint density at radius 3 is 2.50 bits per heavy atom. The summed E-state index contributed by atoms with van der Waals surface area (Å²) in [5.41, 5.74) is -0.373. The van der Waals surface area contributed by atoms with Gasteiger partial charge in [-0.25, -0.2) is 4.79 Å². The van der Waals surface area contributed by atoms with Crippen molar-refractivity contribution in [3.63, 3.8) is 0 Å². The summed E-state index contributed by atoms with van der Waals surface area (Å²) in [4.78, 5) is 13.3. The third-order valence-electron chi connectivity index (χ3n) is 2.09. The second kappa shape index (κ2) is 3.79. The van der Waals surface area contributed by atoms with Crippen LogP contribution in [0.5, 0.6) is 0 Å². The Morgan fingerprint density at radius 1 is 1.50 bits per heavy atom. The molecule has 1 fully saturated rings. The molecule has 3 nitrogen and oxygen atoms in total. The molecule has 1 aliphatic heterocycles. The molecule has 0 aliphatic carbocycles. The molecule has 1 amide bonds. The van der Waals surface area contributed by atoms with Crippen LogP contribution in [0.15, 0.2) is 0 Å². The first-order valence-corrected chi connectivity index (χ1v) is 5.29. The van der Waals surface area contributed by atoms with E-state index >= 15 is 0 Å². The van der Waals surface area contributed by atoms with Gasteiger partial charge in [-0.2, -0.15) is 0 Å².